The fourth-order valence-electron chi connectivity index (χ4n) is 3.85. The van der Waals surface area contributed by atoms with E-state index in [4.69, 9.17) is 0 Å². The summed E-state index contributed by atoms with van der Waals surface area (Å²) < 4.78 is 0. The zero-order chi connectivity index (χ0) is 14.2. The SMILES string of the molecule is Cc1ccc(O)c(C2C(C(C)(C)C)CCC[C@@H]2C)c1. The Morgan fingerprint density at radius 3 is 2.47 bits per heavy atom. The topological polar surface area (TPSA) is 20.2 Å². The van der Waals surface area contributed by atoms with Crippen molar-refractivity contribution >= 4 is 0 Å². The van der Waals surface area contributed by atoms with Gasteiger partial charge in [-0.05, 0) is 48.1 Å². The molecule has 2 unspecified atom stereocenters. The van der Waals surface area contributed by atoms with Gasteiger partial charge in [0.15, 0.2) is 0 Å². The lowest BCUT2D eigenvalue weighted by Crippen LogP contribution is -2.34. The number of aryl methyl sites for hydroxylation is 1. The Kier molecular flexibility index (Phi) is 3.94. The van der Waals surface area contributed by atoms with Crippen LogP contribution in [-0.4, -0.2) is 5.11 Å². The lowest BCUT2D eigenvalue weighted by atomic mass is 9.61. The first kappa shape index (κ1) is 14.4. The summed E-state index contributed by atoms with van der Waals surface area (Å²) in [5.41, 5.74) is 2.72. The van der Waals surface area contributed by atoms with Gasteiger partial charge in [-0.2, -0.15) is 0 Å². The van der Waals surface area contributed by atoms with Gasteiger partial charge in [-0.25, -0.2) is 0 Å². The number of hydrogen-bond acceptors (Lipinski definition) is 1. The van der Waals surface area contributed by atoms with Crippen LogP contribution in [0.15, 0.2) is 18.2 Å². The molecule has 0 saturated heterocycles. The Morgan fingerprint density at radius 1 is 1.16 bits per heavy atom. The summed E-state index contributed by atoms with van der Waals surface area (Å²) in [4.78, 5) is 0. The van der Waals surface area contributed by atoms with Crippen LogP contribution in [-0.2, 0) is 0 Å². The summed E-state index contributed by atoms with van der Waals surface area (Å²) in [6.45, 7) is 11.5. The van der Waals surface area contributed by atoms with E-state index in [1.165, 1.54) is 30.4 Å². The average molecular weight is 260 g/mol. The average Bonchev–Trinajstić information content (AvgIpc) is 2.31. The van der Waals surface area contributed by atoms with E-state index >= 15 is 0 Å². The second-order valence-electron chi connectivity index (χ2n) is 7.47. The van der Waals surface area contributed by atoms with E-state index in [0.717, 1.165) is 0 Å². The lowest BCUT2D eigenvalue weighted by molar-refractivity contribution is 0.114. The van der Waals surface area contributed by atoms with Crippen LogP contribution in [0.1, 0.15) is 64.0 Å². The Morgan fingerprint density at radius 2 is 1.84 bits per heavy atom. The van der Waals surface area contributed by atoms with E-state index in [1.54, 1.807) is 0 Å². The molecule has 3 atom stereocenters. The van der Waals surface area contributed by atoms with Gasteiger partial charge in [0.05, 0.1) is 0 Å². The maximum absolute atomic E-state index is 10.3. The summed E-state index contributed by atoms with van der Waals surface area (Å²) in [6.07, 6.45) is 3.89. The smallest absolute Gasteiger partial charge is 0.119 e. The van der Waals surface area contributed by atoms with Crippen LogP contribution in [0, 0.1) is 24.2 Å². The molecule has 19 heavy (non-hydrogen) atoms. The van der Waals surface area contributed by atoms with E-state index in [0.29, 0.717) is 28.9 Å². The molecule has 0 spiro atoms. The highest BCUT2D eigenvalue weighted by Gasteiger charge is 2.39. The quantitative estimate of drug-likeness (QED) is 0.729. The molecule has 1 heteroatoms. The molecule has 2 rings (SSSR count). The molecular formula is C18H28O. The molecule has 0 radical (unpaired) electrons. The van der Waals surface area contributed by atoms with Crippen LogP contribution >= 0.6 is 0 Å². The normalized spacial score (nSPS) is 28.4. The van der Waals surface area contributed by atoms with Crippen molar-refractivity contribution in [1.82, 2.24) is 0 Å². The molecule has 1 aliphatic rings. The summed E-state index contributed by atoms with van der Waals surface area (Å²) in [5.74, 6) is 2.29. The molecule has 0 heterocycles. The Hall–Kier alpha value is -0.980. The molecular weight excluding hydrogens is 232 g/mol. The first-order chi connectivity index (χ1) is 8.80. The van der Waals surface area contributed by atoms with Gasteiger partial charge in [-0.15, -0.1) is 0 Å². The predicted molar refractivity (Wildman–Crippen MR) is 81.5 cm³/mol. The van der Waals surface area contributed by atoms with Crippen molar-refractivity contribution < 1.29 is 5.11 Å². The molecule has 0 aromatic heterocycles. The third-order valence-electron chi connectivity index (χ3n) is 4.88. The highest BCUT2D eigenvalue weighted by Crippen LogP contribution is 2.51. The molecule has 0 amide bonds. The Labute approximate surface area is 118 Å². The number of benzene rings is 1. The number of phenols is 1. The Balaban J connectivity index is 2.45. The molecule has 1 nitrogen and oxygen atoms in total. The molecule has 1 aromatic rings. The zero-order valence-corrected chi connectivity index (χ0v) is 13.0. The van der Waals surface area contributed by atoms with Crippen LogP contribution in [0.4, 0.5) is 0 Å². The molecule has 0 bridgehead atoms. The minimum atomic E-state index is 0.301. The van der Waals surface area contributed by atoms with Crippen molar-refractivity contribution in [2.45, 2.75) is 59.8 Å². The first-order valence-corrected chi connectivity index (χ1v) is 7.60. The highest BCUT2D eigenvalue weighted by atomic mass is 16.3. The summed E-state index contributed by atoms with van der Waals surface area (Å²) in [5, 5.41) is 10.3. The summed E-state index contributed by atoms with van der Waals surface area (Å²) >= 11 is 0. The van der Waals surface area contributed by atoms with Crippen LogP contribution in [0.25, 0.3) is 0 Å². The van der Waals surface area contributed by atoms with Crippen LogP contribution in [0.3, 0.4) is 0 Å². The Bertz CT molecular complexity index is 441. The van der Waals surface area contributed by atoms with Crippen molar-refractivity contribution in [3.63, 3.8) is 0 Å². The van der Waals surface area contributed by atoms with E-state index in [1.807, 2.05) is 12.1 Å². The van der Waals surface area contributed by atoms with Gasteiger partial charge < -0.3 is 5.11 Å². The minimum absolute atomic E-state index is 0.301. The molecule has 1 aliphatic carbocycles. The van der Waals surface area contributed by atoms with Crippen molar-refractivity contribution in [2.75, 3.05) is 0 Å². The van der Waals surface area contributed by atoms with Gasteiger partial charge in [0.25, 0.3) is 0 Å². The molecule has 1 saturated carbocycles. The maximum atomic E-state index is 10.3. The third kappa shape index (κ3) is 2.96. The van der Waals surface area contributed by atoms with Crippen molar-refractivity contribution in [3.8, 4) is 5.75 Å². The standard InChI is InChI=1S/C18H28O/c1-12-9-10-16(19)14(11-12)17-13(2)7-6-8-15(17)18(3,4)5/h9-11,13,15,17,19H,6-8H2,1-5H3/t13-,15?,17?/m0/s1. The lowest BCUT2D eigenvalue weighted by Gasteiger charge is -2.44. The van der Waals surface area contributed by atoms with Gasteiger partial charge >= 0.3 is 0 Å². The molecule has 1 aromatic carbocycles. The highest BCUT2D eigenvalue weighted by molar-refractivity contribution is 5.39. The van der Waals surface area contributed by atoms with E-state index < -0.39 is 0 Å². The van der Waals surface area contributed by atoms with Gasteiger partial charge in [-0.3, -0.25) is 0 Å². The zero-order valence-electron chi connectivity index (χ0n) is 13.0. The van der Waals surface area contributed by atoms with E-state index in [-0.39, 0.29) is 0 Å². The van der Waals surface area contributed by atoms with Gasteiger partial charge in [0.2, 0.25) is 0 Å². The maximum Gasteiger partial charge on any atom is 0.119 e. The van der Waals surface area contributed by atoms with Crippen molar-refractivity contribution in [1.29, 1.82) is 0 Å². The predicted octanol–water partition coefficient (Wildman–Crippen LogP) is 5.27. The number of rotatable bonds is 1. The largest absolute Gasteiger partial charge is 0.508 e. The summed E-state index contributed by atoms with van der Waals surface area (Å²) in [6, 6.07) is 6.06. The second kappa shape index (κ2) is 5.19. The summed E-state index contributed by atoms with van der Waals surface area (Å²) in [7, 11) is 0. The fourth-order valence-corrected chi connectivity index (χ4v) is 3.85. The minimum Gasteiger partial charge on any atom is -0.508 e. The fraction of sp³-hybridized carbons (Fsp3) is 0.667. The van der Waals surface area contributed by atoms with Crippen molar-refractivity contribution in [2.24, 2.45) is 17.3 Å². The molecule has 0 aliphatic heterocycles. The number of hydrogen-bond donors (Lipinski definition) is 1. The van der Waals surface area contributed by atoms with E-state index in [2.05, 4.69) is 40.7 Å². The van der Waals surface area contributed by atoms with Gasteiger partial charge in [-0.1, -0.05) is 58.2 Å². The van der Waals surface area contributed by atoms with Gasteiger partial charge in [0, 0.05) is 0 Å². The molecule has 1 N–H and O–H groups in total. The monoisotopic (exact) mass is 260 g/mol. The van der Waals surface area contributed by atoms with Crippen LogP contribution in [0.5, 0.6) is 5.75 Å². The van der Waals surface area contributed by atoms with E-state index in [9.17, 15) is 5.11 Å². The molecule has 1 fully saturated rings. The first-order valence-electron chi connectivity index (χ1n) is 7.60. The van der Waals surface area contributed by atoms with Crippen molar-refractivity contribution in [3.05, 3.63) is 29.3 Å². The molecule has 106 valence electrons. The van der Waals surface area contributed by atoms with Crippen LogP contribution in [0.2, 0.25) is 0 Å². The number of phenolic OH excluding ortho intramolecular Hbond substituents is 1. The van der Waals surface area contributed by atoms with Crippen LogP contribution < -0.4 is 0 Å². The number of aromatic hydroxyl groups is 1. The third-order valence-corrected chi connectivity index (χ3v) is 4.88. The second-order valence-corrected chi connectivity index (χ2v) is 7.47. The van der Waals surface area contributed by atoms with Gasteiger partial charge in [0.1, 0.15) is 5.75 Å².